The number of likely N-dealkylation sites (tertiary alicyclic amines) is 1. The highest BCUT2D eigenvalue weighted by Gasteiger charge is 2.25. The first-order valence-electron chi connectivity index (χ1n) is 12.1. The lowest BCUT2D eigenvalue weighted by atomic mass is 9.98. The molecule has 3 heterocycles. The van der Waals surface area contributed by atoms with E-state index < -0.39 is 0 Å². The van der Waals surface area contributed by atoms with E-state index in [-0.39, 0.29) is 0 Å². The molecule has 2 saturated heterocycles. The van der Waals surface area contributed by atoms with Crippen LogP contribution in [0.4, 0.5) is 5.69 Å². The number of nitrogens with zero attached hydrogens (tertiary/aromatic N) is 2. The van der Waals surface area contributed by atoms with Crippen LogP contribution in [0.25, 0.3) is 22.2 Å². The van der Waals surface area contributed by atoms with Gasteiger partial charge in [-0.15, -0.1) is 0 Å². The van der Waals surface area contributed by atoms with E-state index in [0.717, 1.165) is 13.1 Å². The Labute approximate surface area is 186 Å². The Balaban J connectivity index is 1.18. The van der Waals surface area contributed by atoms with Crippen LogP contribution in [-0.4, -0.2) is 54.2 Å². The van der Waals surface area contributed by atoms with E-state index in [2.05, 4.69) is 88.5 Å². The van der Waals surface area contributed by atoms with Crippen molar-refractivity contribution in [3.63, 3.8) is 0 Å². The first kappa shape index (κ1) is 20.6. The molecule has 0 unspecified atom stereocenters. The number of H-pyrrole nitrogens is 1. The van der Waals surface area contributed by atoms with Crippen molar-refractivity contribution in [2.24, 2.45) is 0 Å². The molecule has 2 N–H and O–H groups in total. The molecule has 2 aromatic carbocycles. The maximum absolute atomic E-state index is 3.98. The predicted molar refractivity (Wildman–Crippen MR) is 132 cm³/mol. The van der Waals surface area contributed by atoms with E-state index in [4.69, 9.17) is 0 Å². The zero-order valence-electron chi connectivity index (χ0n) is 19.0. The molecule has 4 heteroatoms. The summed E-state index contributed by atoms with van der Waals surface area (Å²) in [5, 5.41) is 5.26. The SMILES string of the molecule is CC(C)N1CCC(NC2CCN(c3cccc(-c4cc5ccccc5[nH]4)c3)CC2)CC1. The first-order valence-corrected chi connectivity index (χ1v) is 12.1. The number of para-hydroxylation sites is 1. The van der Waals surface area contributed by atoms with Crippen molar-refractivity contribution >= 4 is 16.6 Å². The second-order valence-electron chi connectivity index (χ2n) is 9.65. The van der Waals surface area contributed by atoms with E-state index in [1.54, 1.807) is 0 Å². The van der Waals surface area contributed by atoms with Gasteiger partial charge < -0.3 is 20.1 Å². The third-order valence-electron chi connectivity index (χ3n) is 7.28. The maximum Gasteiger partial charge on any atom is 0.0465 e. The van der Waals surface area contributed by atoms with Crippen LogP contribution < -0.4 is 10.2 Å². The van der Waals surface area contributed by atoms with E-state index >= 15 is 0 Å². The lowest BCUT2D eigenvalue weighted by Gasteiger charge is -2.39. The van der Waals surface area contributed by atoms with Gasteiger partial charge in [0.2, 0.25) is 0 Å². The van der Waals surface area contributed by atoms with Crippen molar-refractivity contribution in [1.29, 1.82) is 0 Å². The topological polar surface area (TPSA) is 34.3 Å². The monoisotopic (exact) mass is 416 g/mol. The Bertz CT molecular complexity index is 958. The minimum Gasteiger partial charge on any atom is -0.371 e. The molecule has 0 aliphatic carbocycles. The van der Waals surface area contributed by atoms with Gasteiger partial charge in [0.25, 0.3) is 0 Å². The maximum atomic E-state index is 3.98. The van der Waals surface area contributed by atoms with Crippen LogP contribution in [0, 0.1) is 0 Å². The number of aromatic amines is 1. The second kappa shape index (κ2) is 9.05. The number of hydrogen-bond donors (Lipinski definition) is 2. The van der Waals surface area contributed by atoms with E-state index in [9.17, 15) is 0 Å². The minimum absolute atomic E-state index is 0.670. The average Bonchev–Trinajstić information content (AvgIpc) is 3.25. The summed E-state index contributed by atoms with van der Waals surface area (Å²) in [6.45, 7) is 9.40. The Kier molecular flexibility index (Phi) is 6.02. The number of nitrogens with one attached hydrogen (secondary N) is 2. The smallest absolute Gasteiger partial charge is 0.0465 e. The van der Waals surface area contributed by atoms with Gasteiger partial charge in [-0.25, -0.2) is 0 Å². The fourth-order valence-corrected chi connectivity index (χ4v) is 5.32. The molecule has 5 rings (SSSR count). The fraction of sp³-hybridized carbons (Fsp3) is 0.481. The van der Waals surface area contributed by atoms with Gasteiger partial charge in [0, 0.05) is 53.5 Å². The van der Waals surface area contributed by atoms with Crippen molar-refractivity contribution in [3.05, 3.63) is 54.6 Å². The highest BCUT2D eigenvalue weighted by molar-refractivity contribution is 5.86. The summed E-state index contributed by atoms with van der Waals surface area (Å²) in [5.41, 5.74) is 5.02. The number of piperidine rings is 2. The molecule has 0 amide bonds. The summed E-state index contributed by atoms with van der Waals surface area (Å²) < 4.78 is 0. The molecular formula is C27H36N4. The standard InChI is InChI=1S/C27H36N4/c1-20(2)30-14-10-23(11-15-30)28-24-12-16-31(17-13-24)25-8-5-7-21(18-25)27-19-22-6-3-4-9-26(22)29-27/h3-9,18-20,23-24,28-29H,10-17H2,1-2H3. The quantitative estimate of drug-likeness (QED) is 0.595. The van der Waals surface area contributed by atoms with E-state index in [0.29, 0.717) is 18.1 Å². The van der Waals surface area contributed by atoms with E-state index in [1.807, 2.05) is 0 Å². The number of anilines is 1. The number of fused-ring (bicyclic) bond motifs is 1. The third-order valence-corrected chi connectivity index (χ3v) is 7.28. The lowest BCUT2D eigenvalue weighted by molar-refractivity contribution is 0.154. The van der Waals surface area contributed by atoms with E-state index in [1.165, 1.54) is 66.6 Å². The summed E-state index contributed by atoms with van der Waals surface area (Å²) in [5.74, 6) is 0. The second-order valence-corrected chi connectivity index (χ2v) is 9.65. The van der Waals surface area contributed by atoms with Gasteiger partial charge in [0.1, 0.15) is 0 Å². The van der Waals surface area contributed by atoms with Crippen LogP contribution in [0.15, 0.2) is 54.6 Å². The summed E-state index contributed by atoms with van der Waals surface area (Å²) in [6, 6.07) is 21.8. The number of benzene rings is 2. The molecular weight excluding hydrogens is 380 g/mol. The molecule has 2 aliphatic heterocycles. The third kappa shape index (κ3) is 4.65. The minimum atomic E-state index is 0.670. The number of hydrogen-bond acceptors (Lipinski definition) is 3. The van der Waals surface area contributed by atoms with Crippen molar-refractivity contribution in [2.75, 3.05) is 31.1 Å². The molecule has 164 valence electrons. The molecule has 0 radical (unpaired) electrons. The van der Waals surface area contributed by atoms with Crippen molar-refractivity contribution < 1.29 is 0 Å². The van der Waals surface area contributed by atoms with Gasteiger partial charge in [-0.3, -0.25) is 0 Å². The molecule has 31 heavy (non-hydrogen) atoms. The molecule has 4 nitrogen and oxygen atoms in total. The van der Waals surface area contributed by atoms with Crippen LogP contribution in [0.3, 0.4) is 0 Å². The van der Waals surface area contributed by atoms with Crippen LogP contribution in [-0.2, 0) is 0 Å². The Morgan fingerprint density at radius 1 is 0.839 bits per heavy atom. The van der Waals surface area contributed by atoms with Gasteiger partial charge in [-0.2, -0.15) is 0 Å². The highest BCUT2D eigenvalue weighted by Crippen LogP contribution is 2.29. The summed E-state index contributed by atoms with van der Waals surface area (Å²) >= 11 is 0. The summed E-state index contributed by atoms with van der Waals surface area (Å²) in [7, 11) is 0. The molecule has 0 spiro atoms. The molecule has 0 saturated carbocycles. The predicted octanol–water partition coefficient (Wildman–Crippen LogP) is 5.27. The van der Waals surface area contributed by atoms with Gasteiger partial charge in [-0.1, -0.05) is 30.3 Å². The van der Waals surface area contributed by atoms with Gasteiger partial charge in [0.15, 0.2) is 0 Å². The van der Waals surface area contributed by atoms with Crippen molar-refractivity contribution in [2.45, 2.75) is 57.7 Å². The molecule has 3 aromatic rings. The van der Waals surface area contributed by atoms with Gasteiger partial charge in [0.05, 0.1) is 0 Å². The Morgan fingerprint density at radius 2 is 1.55 bits per heavy atom. The van der Waals surface area contributed by atoms with Crippen LogP contribution in [0.1, 0.15) is 39.5 Å². The molecule has 2 aliphatic rings. The zero-order valence-corrected chi connectivity index (χ0v) is 19.0. The molecule has 2 fully saturated rings. The summed E-state index contributed by atoms with van der Waals surface area (Å²) in [6.07, 6.45) is 5.07. The largest absolute Gasteiger partial charge is 0.371 e. The Morgan fingerprint density at radius 3 is 2.26 bits per heavy atom. The first-order chi connectivity index (χ1) is 15.2. The van der Waals surface area contributed by atoms with Gasteiger partial charge in [-0.05, 0) is 82.4 Å². The Hall–Kier alpha value is -2.30. The number of rotatable bonds is 5. The van der Waals surface area contributed by atoms with Gasteiger partial charge >= 0.3 is 0 Å². The zero-order chi connectivity index (χ0) is 21.2. The van der Waals surface area contributed by atoms with Crippen molar-refractivity contribution in [3.8, 4) is 11.3 Å². The van der Waals surface area contributed by atoms with Crippen LogP contribution >= 0.6 is 0 Å². The summed E-state index contributed by atoms with van der Waals surface area (Å²) in [4.78, 5) is 8.75. The average molecular weight is 417 g/mol. The molecule has 0 atom stereocenters. The fourth-order valence-electron chi connectivity index (χ4n) is 5.32. The molecule has 1 aromatic heterocycles. The number of aromatic nitrogens is 1. The lowest BCUT2D eigenvalue weighted by Crippen LogP contribution is -2.50. The van der Waals surface area contributed by atoms with Crippen LogP contribution in [0.2, 0.25) is 0 Å². The molecule has 0 bridgehead atoms. The van der Waals surface area contributed by atoms with Crippen molar-refractivity contribution in [1.82, 2.24) is 15.2 Å². The highest BCUT2D eigenvalue weighted by atomic mass is 15.2. The van der Waals surface area contributed by atoms with Crippen LogP contribution in [0.5, 0.6) is 0 Å². The normalized spacial score (nSPS) is 19.5.